The maximum absolute atomic E-state index is 12.9. The third kappa shape index (κ3) is 5.47. The molecule has 0 saturated carbocycles. The van der Waals surface area contributed by atoms with Crippen LogP contribution in [0.25, 0.3) is 0 Å². The van der Waals surface area contributed by atoms with Crippen LogP contribution in [-0.2, 0) is 11.0 Å². The molecule has 32 heavy (non-hydrogen) atoms. The lowest BCUT2D eigenvalue weighted by molar-refractivity contribution is -0.385. The summed E-state index contributed by atoms with van der Waals surface area (Å²) in [7, 11) is 0. The van der Waals surface area contributed by atoms with E-state index in [1.807, 2.05) is 31.2 Å². The number of aryl methyl sites for hydroxylation is 2. The molecule has 0 bridgehead atoms. The monoisotopic (exact) mass is 464 g/mol. The first kappa shape index (κ1) is 23.3. The van der Waals surface area contributed by atoms with Crippen molar-refractivity contribution in [3.63, 3.8) is 0 Å². The molecule has 3 aromatic rings. The van der Waals surface area contributed by atoms with Crippen LogP contribution in [0.1, 0.15) is 29.9 Å². The van der Waals surface area contributed by atoms with Crippen LogP contribution in [-0.4, -0.2) is 20.6 Å². The van der Waals surface area contributed by atoms with Crippen LogP contribution >= 0.6 is 11.8 Å². The van der Waals surface area contributed by atoms with E-state index in [0.717, 1.165) is 21.2 Å². The fourth-order valence-corrected chi connectivity index (χ4v) is 3.85. The average molecular weight is 464 g/mol. The minimum atomic E-state index is -4.63. The summed E-state index contributed by atoms with van der Waals surface area (Å²) >= 11 is 1.28. The molecule has 1 N–H and O–H groups in total. The van der Waals surface area contributed by atoms with Gasteiger partial charge in [0.25, 0.3) is 5.69 Å². The Balaban J connectivity index is 1.84. The van der Waals surface area contributed by atoms with E-state index in [1.165, 1.54) is 37.7 Å². The van der Waals surface area contributed by atoms with E-state index in [-0.39, 0.29) is 17.1 Å². The number of halogens is 3. The second-order valence-corrected chi connectivity index (χ2v) is 8.31. The van der Waals surface area contributed by atoms with Gasteiger partial charge in [-0.1, -0.05) is 29.5 Å². The third-order valence-electron chi connectivity index (χ3n) is 4.59. The number of hydrogen-bond acceptors (Lipinski definition) is 5. The number of nitrogens with zero attached hydrogens (tertiary/aromatic N) is 3. The molecule has 2 aromatic carbocycles. The number of nitrogens with one attached hydrogen (secondary N) is 1. The fraction of sp³-hybridized carbons (Fsp3) is 0.238. The van der Waals surface area contributed by atoms with Gasteiger partial charge in [-0.05, 0) is 45.0 Å². The normalized spacial score (nSPS) is 12.4. The van der Waals surface area contributed by atoms with Crippen LogP contribution < -0.4 is 5.32 Å². The SMILES string of the molecule is Cc1ccc(Sc2cc(NC(=O)C(C)n3nc(C(F)(F)F)cc3C)cc([N+](=O)[O-])c2)cc1. The maximum Gasteiger partial charge on any atom is 0.435 e. The number of nitro benzene ring substituents is 1. The Kier molecular flexibility index (Phi) is 6.58. The Morgan fingerprint density at radius 3 is 2.34 bits per heavy atom. The number of hydrogen-bond donors (Lipinski definition) is 1. The second-order valence-electron chi connectivity index (χ2n) is 7.17. The number of amides is 1. The number of anilines is 1. The summed E-state index contributed by atoms with van der Waals surface area (Å²) in [4.78, 5) is 24.8. The summed E-state index contributed by atoms with van der Waals surface area (Å²) < 4.78 is 39.7. The lowest BCUT2D eigenvalue weighted by Gasteiger charge is -2.15. The molecule has 3 rings (SSSR count). The Bertz CT molecular complexity index is 1160. The maximum atomic E-state index is 12.9. The first-order valence-corrected chi connectivity index (χ1v) is 10.2. The highest BCUT2D eigenvalue weighted by molar-refractivity contribution is 7.99. The zero-order valence-electron chi connectivity index (χ0n) is 17.3. The number of nitro groups is 1. The van der Waals surface area contributed by atoms with Crippen LogP contribution in [0.3, 0.4) is 0 Å². The number of carbonyl (C=O) groups is 1. The molecular formula is C21H19F3N4O3S. The number of alkyl halides is 3. The van der Waals surface area contributed by atoms with Gasteiger partial charge in [0.2, 0.25) is 5.91 Å². The molecule has 0 spiro atoms. The molecule has 168 valence electrons. The van der Waals surface area contributed by atoms with Crippen molar-refractivity contribution in [2.24, 2.45) is 0 Å². The average Bonchev–Trinajstić information content (AvgIpc) is 3.11. The van der Waals surface area contributed by atoms with Crippen LogP contribution in [0.5, 0.6) is 0 Å². The van der Waals surface area contributed by atoms with E-state index in [9.17, 15) is 28.1 Å². The van der Waals surface area contributed by atoms with Gasteiger partial charge in [-0.2, -0.15) is 18.3 Å². The zero-order valence-corrected chi connectivity index (χ0v) is 18.1. The van der Waals surface area contributed by atoms with Crippen molar-refractivity contribution in [1.29, 1.82) is 0 Å². The highest BCUT2D eigenvalue weighted by Crippen LogP contribution is 2.34. The molecule has 0 fully saturated rings. The predicted molar refractivity (Wildman–Crippen MR) is 114 cm³/mol. The lowest BCUT2D eigenvalue weighted by atomic mass is 10.2. The van der Waals surface area contributed by atoms with Gasteiger partial charge in [-0.3, -0.25) is 19.6 Å². The summed E-state index contributed by atoms with van der Waals surface area (Å²) in [6.45, 7) is 4.75. The van der Waals surface area contributed by atoms with Crippen LogP contribution in [0.4, 0.5) is 24.5 Å². The lowest BCUT2D eigenvalue weighted by Crippen LogP contribution is -2.25. The van der Waals surface area contributed by atoms with Crippen molar-refractivity contribution in [3.05, 3.63) is 75.6 Å². The molecule has 1 unspecified atom stereocenters. The third-order valence-corrected chi connectivity index (χ3v) is 5.56. The van der Waals surface area contributed by atoms with E-state index < -0.39 is 28.7 Å². The highest BCUT2D eigenvalue weighted by atomic mass is 32.2. The predicted octanol–water partition coefficient (Wildman–Crippen LogP) is 5.78. The topological polar surface area (TPSA) is 90.1 Å². The van der Waals surface area contributed by atoms with Crippen molar-refractivity contribution >= 4 is 29.0 Å². The number of rotatable bonds is 6. The van der Waals surface area contributed by atoms with Crippen molar-refractivity contribution < 1.29 is 22.9 Å². The molecule has 7 nitrogen and oxygen atoms in total. The van der Waals surface area contributed by atoms with Crippen molar-refractivity contribution in [2.75, 3.05) is 5.32 Å². The summed E-state index contributed by atoms with van der Waals surface area (Å²) in [6, 6.07) is 11.5. The van der Waals surface area contributed by atoms with E-state index in [1.54, 1.807) is 6.07 Å². The zero-order chi connectivity index (χ0) is 23.6. The van der Waals surface area contributed by atoms with Gasteiger partial charge in [-0.15, -0.1) is 0 Å². The summed E-state index contributed by atoms with van der Waals surface area (Å²) in [5.41, 5.74) is 0.0700. The second kappa shape index (κ2) is 9.03. The highest BCUT2D eigenvalue weighted by Gasteiger charge is 2.35. The quantitative estimate of drug-likeness (QED) is 0.369. The van der Waals surface area contributed by atoms with Gasteiger partial charge in [0.05, 0.1) is 4.92 Å². The summed E-state index contributed by atoms with van der Waals surface area (Å²) in [5, 5.41) is 17.4. The number of aromatic nitrogens is 2. The first-order chi connectivity index (χ1) is 14.9. The van der Waals surface area contributed by atoms with E-state index in [0.29, 0.717) is 4.90 Å². The summed E-state index contributed by atoms with van der Waals surface area (Å²) in [5.74, 6) is -0.656. The molecule has 0 aliphatic heterocycles. The van der Waals surface area contributed by atoms with Gasteiger partial charge in [0, 0.05) is 33.3 Å². The molecular weight excluding hydrogens is 445 g/mol. The molecule has 0 aliphatic carbocycles. The van der Waals surface area contributed by atoms with Gasteiger partial charge < -0.3 is 5.32 Å². The van der Waals surface area contributed by atoms with Crippen molar-refractivity contribution in [3.8, 4) is 0 Å². The first-order valence-electron chi connectivity index (χ1n) is 9.42. The van der Waals surface area contributed by atoms with Gasteiger partial charge in [0.1, 0.15) is 6.04 Å². The molecule has 0 aliphatic rings. The molecule has 1 aromatic heterocycles. The van der Waals surface area contributed by atoms with Crippen LogP contribution in [0.2, 0.25) is 0 Å². The van der Waals surface area contributed by atoms with Gasteiger partial charge in [-0.25, -0.2) is 0 Å². The van der Waals surface area contributed by atoms with Gasteiger partial charge >= 0.3 is 6.18 Å². The molecule has 0 saturated heterocycles. The Morgan fingerprint density at radius 2 is 1.78 bits per heavy atom. The van der Waals surface area contributed by atoms with Crippen LogP contribution in [0.15, 0.2) is 58.3 Å². The molecule has 1 heterocycles. The van der Waals surface area contributed by atoms with Crippen LogP contribution in [0, 0.1) is 24.0 Å². The van der Waals surface area contributed by atoms with E-state index >= 15 is 0 Å². The molecule has 0 radical (unpaired) electrons. The van der Waals surface area contributed by atoms with E-state index in [4.69, 9.17) is 0 Å². The number of carbonyl (C=O) groups excluding carboxylic acids is 1. The minimum absolute atomic E-state index is 0.159. The fourth-order valence-electron chi connectivity index (χ4n) is 2.94. The van der Waals surface area contributed by atoms with Gasteiger partial charge in [0.15, 0.2) is 5.69 Å². The number of non-ortho nitro benzene ring substituents is 1. The number of benzene rings is 2. The van der Waals surface area contributed by atoms with E-state index in [2.05, 4.69) is 10.4 Å². The van der Waals surface area contributed by atoms with Crippen molar-refractivity contribution in [2.45, 2.75) is 42.8 Å². The van der Waals surface area contributed by atoms with Crippen molar-refractivity contribution in [1.82, 2.24) is 9.78 Å². The summed E-state index contributed by atoms with van der Waals surface area (Å²) in [6.07, 6.45) is -4.63. The molecule has 11 heteroatoms. The molecule has 1 atom stereocenters. The Hall–Kier alpha value is -3.34. The Morgan fingerprint density at radius 1 is 1.12 bits per heavy atom. The smallest absolute Gasteiger partial charge is 0.324 e. The largest absolute Gasteiger partial charge is 0.435 e. The standard InChI is InChI=1S/C21H19F3N4O3S/c1-12-4-6-17(7-5-12)32-18-10-15(9-16(11-18)28(30)31)25-20(29)14(3)27-13(2)8-19(26-27)21(22,23)24/h4-11,14H,1-3H3,(H,25,29). The molecule has 1 amide bonds. The minimum Gasteiger partial charge on any atom is -0.324 e. The Labute approximate surface area is 185 Å².